The number of fused-ring (bicyclic) bond motifs is 3. The number of carbonyl (C=O) groups is 3. The smallest absolute Gasteiger partial charge is 0.335 e. The van der Waals surface area contributed by atoms with Crippen LogP contribution in [0.25, 0.3) is 0 Å². The van der Waals surface area contributed by atoms with Gasteiger partial charge in [-0.25, -0.2) is 9.59 Å². The number of amides is 3. The number of nitrogens with zero attached hydrogens (tertiary/aromatic N) is 1. The Morgan fingerprint density at radius 2 is 1.93 bits per heavy atom. The molecule has 2 saturated heterocycles. The molecular weight excluding hydrogens is 526 g/mol. The standard InChI is InChI=1S/C31H41N3O7/c1-17(35)40-26-25(18-4-7-24(37)39-16-18)30(3)11-9-21-22(31(30)27(26)41-31)6-5-19-14-20(8-10-29(19,21)2)33-28(38)34-13-12-32-23(36)15-34/h4,7,16,19-22,25-27H,5-6,8-15H2,1-3H3,(H,32,36)(H,33,38)/t19-,20+,21+,22-,25+,26-,27-,29+,30-,31-/m1/s1. The zero-order chi connectivity index (χ0) is 28.7. The molecular formula is C31H41N3O7. The zero-order valence-electron chi connectivity index (χ0n) is 24.1. The number of piperazine rings is 1. The van der Waals surface area contributed by atoms with Gasteiger partial charge in [0.25, 0.3) is 0 Å². The number of hydrogen-bond acceptors (Lipinski definition) is 7. The second-order valence-corrected chi connectivity index (χ2v) is 13.9. The summed E-state index contributed by atoms with van der Waals surface area (Å²) in [5.41, 5.74) is 0.0594. The van der Waals surface area contributed by atoms with Crippen LogP contribution in [0.1, 0.15) is 77.2 Å². The van der Waals surface area contributed by atoms with Gasteiger partial charge in [-0.05, 0) is 79.7 Å². The minimum atomic E-state index is -0.405. The molecule has 0 radical (unpaired) electrons. The van der Waals surface area contributed by atoms with E-state index >= 15 is 0 Å². The van der Waals surface area contributed by atoms with Crippen LogP contribution >= 0.6 is 0 Å². The first kappa shape index (κ1) is 27.0. The number of urea groups is 1. The molecule has 7 rings (SSSR count). The summed E-state index contributed by atoms with van der Waals surface area (Å²) in [6.45, 7) is 7.37. The van der Waals surface area contributed by atoms with Crippen molar-refractivity contribution in [1.29, 1.82) is 0 Å². The van der Waals surface area contributed by atoms with Crippen LogP contribution in [0.3, 0.4) is 0 Å². The molecule has 10 atom stereocenters. The van der Waals surface area contributed by atoms with E-state index in [1.165, 1.54) is 13.0 Å². The summed E-state index contributed by atoms with van der Waals surface area (Å²) >= 11 is 0. The third-order valence-corrected chi connectivity index (χ3v) is 12.1. The molecule has 1 aromatic heterocycles. The molecule has 6 aliphatic rings. The Kier molecular flexibility index (Phi) is 6.13. The van der Waals surface area contributed by atoms with Gasteiger partial charge in [0.05, 0.1) is 6.26 Å². The van der Waals surface area contributed by atoms with Crippen LogP contribution < -0.4 is 16.3 Å². The molecule has 1 aromatic rings. The molecule has 41 heavy (non-hydrogen) atoms. The highest BCUT2D eigenvalue weighted by Gasteiger charge is 2.84. The topological polar surface area (TPSA) is 130 Å². The van der Waals surface area contributed by atoms with Gasteiger partial charge in [-0.1, -0.05) is 13.8 Å². The van der Waals surface area contributed by atoms with Gasteiger partial charge in [-0.3, -0.25) is 9.59 Å². The summed E-state index contributed by atoms with van der Waals surface area (Å²) in [7, 11) is 0. The predicted molar refractivity (Wildman–Crippen MR) is 147 cm³/mol. The molecule has 0 bridgehead atoms. The first-order chi connectivity index (χ1) is 19.6. The fourth-order valence-corrected chi connectivity index (χ4v) is 10.3. The van der Waals surface area contributed by atoms with Gasteiger partial charge in [0.2, 0.25) is 5.91 Å². The number of esters is 1. The van der Waals surface area contributed by atoms with Crippen LogP contribution in [0.4, 0.5) is 4.79 Å². The highest BCUT2D eigenvalue weighted by Crippen LogP contribution is 2.78. The Morgan fingerprint density at radius 1 is 1.10 bits per heavy atom. The fraction of sp³-hybridized carbons (Fsp3) is 0.742. The number of carbonyl (C=O) groups excluding carboxylic acids is 3. The predicted octanol–water partition coefficient (Wildman–Crippen LogP) is 2.95. The van der Waals surface area contributed by atoms with E-state index in [1.807, 2.05) is 6.07 Å². The molecule has 3 amide bonds. The van der Waals surface area contributed by atoms with E-state index in [4.69, 9.17) is 13.9 Å². The molecule has 0 unspecified atom stereocenters. The lowest BCUT2D eigenvalue weighted by atomic mass is 9.44. The van der Waals surface area contributed by atoms with E-state index in [2.05, 4.69) is 24.5 Å². The van der Waals surface area contributed by atoms with Crippen molar-refractivity contribution >= 4 is 17.9 Å². The Hall–Kier alpha value is -2.88. The quantitative estimate of drug-likeness (QED) is 0.424. The van der Waals surface area contributed by atoms with Crippen molar-refractivity contribution in [3.63, 3.8) is 0 Å². The van der Waals surface area contributed by atoms with E-state index in [-0.39, 0.29) is 64.6 Å². The first-order valence-electron chi connectivity index (χ1n) is 15.3. The molecule has 4 aliphatic carbocycles. The average molecular weight is 568 g/mol. The zero-order valence-corrected chi connectivity index (χ0v) is 24.1. The molecule has 222 valence electrons. The lowest BCUT2D eigenvalue weighted by Gasteiger charge is -2.61. The number of ether oxygens (including phenoxy) is 2. The average Bonchev–Trinajstić information content (AvgIpc) is 3.64. The number of rotatable bonds is 3. The van der Waals surface area contributed by atoms with Crippen molar-refractivity contribution in [2.45, 2.75) is 95.5 Å². The second kappa shape index (κ2) is 9.31. The van der Waals surface area contributed by atoms with Crippen LogP contribution in [0.5, 0.6) is 0 Å². The second-order valence-electron chi connectivity index (χ2n) is 13.9. The number of epoxide rings is 1. The number of hydrogen-bond donors (Lipinski definition) is 2. The van der Waals surface area contributed by atoms with E-state index in [1.54, 1.807) is 11.2 Å². The van der Waals surface area contributed by atoms with Gasteiger partial charge in [-0.2, -0.15) is 0 Å². The van der Waals surface area contributed by atoms with Crippen molar-refractivity contribution in [3.05, 3.63) is 34.4 Å². The maximum atomic E-state index is 12.9. The summed E-state index contributed by atoms with van der Waals surface area (Å²) in [5, 5.41) is 6.02. The van der Waals surface area contributed by atoms with E-state index < -0.39 is 6.10 Å². The molecule has 0 aromatic carbocycles. The third-order valence-electron chi connectivity index (χ3n) is 12.1. The fourth-order valence-electron chi connectivity index (χ4n) is 10.3. The van der Waals surface area contributed by atoms with Crippen LogP contribution in [0.15, 0.2) is 27.6 Å². The Labute approximate surface area is 239 Å². The van der Waals surface area contributed by atoms with Gasteiger partial charge in [0.1, 0.15) is 24.4 Å². The minimum Gasteiger partial charge on any atom is -0.459 e. The molecule has 3 heterocycles. The monoisotopic (exact) mass is 567 g/mol. The van der Waals surface area contributed by atoms with Gasteiger partial charge < -0.3 is 29.4 Å². The molecule has 10 nitrogen and oxygen atoms in total. The lowest BCUT2D eigenvalue weighted by molar-refractivity contribution is -0.156. The van der Waals surface area contributed by atoms with Crippen molar-refractivity contribution in [1.82, 2.24) is 15.5 Å². The van der Waals surface area contributed by atoms with Crippen LogP contribution in [-0.2, 0) is 19.1 Å². The minimum absolute atomic E-state index is 0.0937. The van der Waals surface area contributed by atoms with Crippen molar-refractivity contribution < 1.29 is 28.3 Å². The highest BCUT2D eigenvalue weighted by atomic mass is 16.7. The highest BCUT2D eigenvalue weighted by molar-refractivity contribution is 5.85. The molecule has 2 aliphatic heterocycles. The molecule has 2 N–H and O–H groups in total. The van der Waals surface area contributed by atoms with E-state index in [0.29, 0.717) is 30.8 Å². The van der Waals surface area contributed by atoms with E-state index in [0.717, 1.165) is 50.5 Å². The Morgan fingerprint density at radius 3 is 2.66 bits per heavy atom. The van der Waals surface area contributed by atoms with Gasteiger partial charge in [0, 0.05) is 43.5 Å². The molecule has 1 spiro atoms. The SMILES string of the molecule is CC(=O)O[C@H]1[C@H]2O[C@]23[C@@H]2CC[C@@H]4C[C@@H](NC(=O)N5CCNC(=O)C5)CC[C@]4(C)[C@H]2CC[C@]3(C)[C@H]1c1ccc(=O)oc1. The van der Waals surface area contributed by atoms with Crippen LogP contribution in [-0.4, -0.2) is 66.3 Å². The third kappa shape index (κ3) is 3.92. The summed E-state index contributed by atoms with van der Waals surface area (Å²) in [5.74, 6) is 0.853. The maximum Gasteiger partial charge on any atom is 0.335 e. The van der Waals surface area contributed by atoms with Gasteiger partial charge in [0.15, 0.2) is 0 Å². The van der Waals surface area contributed by atoms with Crippen molar-refractivity contribution in [2.24, 2.45) is 28.6 Å². The lowest BCUT2D eigenvalue weighted by Crippen LogP contribution is -2.60. The summed E-state index contributed by atoms with van der Waals surface area (Å²) in [4.78, 5) is 50.3. The molecule has 6 fully saturated rings. The van der Waals surface area contributed by atoms with Crippen LogP contribution in [0, 0.1) is 28.6 Å². The number of nitrogens with one attached hydrogen (secondary N) is 2. The van der Waals surface area contributed by atoms with Crippen molar-refractivity contribution in [2.75, 3.05) is 19.6 Å². The Balaban J connectivity index is 1.11. The summed E-state index contributed by atoms with van der Waals surface area (Å²) < 4.78 is 18.0. The van der Waals surface area contributed by atoms with Crippen molar-refractivity contribution in [3.8, 4) is 0 Å². The summed E-state index contributed by atoms with van der Waals surface area (Å²) in [6.07, 6.45) is 8.07. The molecule has 10 heteroatoms. The first-order valence-corrected chi connectivity index (χ1v) is 15.3. The van der Waals surface area contributed by atoms with Gasteiger partial charge in [-0.15, -0.1) is 0 Å². The van der Waals surface area contributed by atoms with Gasteiger partial charge >= 0.3 is 17.6 Å². The van der Waals surface area contributed by atoms with Crippen LogP contribution in [0.2, 0.25) is 0 Å². The Bertz CT molecular complexity index is 1310. The normalized spacial score (nSPS) is 44.4. The largest absolute Gasteiger partial charge is 0.459 e. The van der Waals surface area contributed by atoms with E-state index in [9.17, 15) is 19.2 Å². The molecule has 4 saturated carbocycles. The maximum absolute atomic E-state index is 12.9. The summed E-state index contributed by atoms with van der Waals surface area (Å²) in [6, 6.07) is 3.27.